The molecule has 1 heterocycles. The van der Waals surface area contributed by atoms with Crippen LogP contribution in [-0.2, 0) is 9.59 Å². The Morgan fingerprint density at radius 2 is 2.04 bits per heavy atom. The van der Waals surface area contributed by atoms with Crippen LogP contribution in [0.3, 0.4) is 0 Å². The number of nitrogens with one attached hydrogen (secondary N) is 1. The van der Waals surface area contributed by atoms with Crippen LogP contribution in [0.5, 0.6) is 0 Å². The molecule has 3 rings (SSSR count). The number of carbonyl (C=O) groups excluding carboxylic acids is 2. The minimum Gasteiger partial charge on any atom is -0.333 e. The molecule has 7 heteroatoms. The molecule has 0 saturated carbocycles. The number of likely N-dealkylation sites (N-methyl/N-ethyl adjacent to an activating group) is 1. The van der Waals surface area contributed by atoms with E-state index in [1.165, 1.54) is 22.3 Å². The number of nitrogens with zero attached hydrogens (tertiary/aromatic N) is 2. The number of para-hydroxylation sites is 1. The smallest absolute Gasteiger partial charge is 0.246 e. The Balaban J connectivity index is 1.58. The lowest BCUT2D eigenvalue weighted by atomic mass is 10.2. The maximum absolute atomic E-state index is 12.3. The Bertz CT molecular complexity index is 996. The van der Waals surface area contributed by atoms with E-state index >= 15 is 0 Å². The second kappa shape index (κ2) is 8.45. The Labute approximate surface area is 169 Å². The fourth-order valence-electron chi connectivity index (χ4n) is 2.48. The highest BCUT2D eigenvalue weighted by atomic mass is 79.9. The van der Waals surface area contributed by atoms with Gasteiger partial charge in [0.2, 0.25) is 11.8 Å². The van der Waals surface area contributed by atoms with Gasteiger partial charge in [-0.3, -0.25) is 9.59 Å². The van der Waals surface area contributed by atoms with Crippen LogP contribution in [0.15, 0.2) is 53.0 Å². The third kappa shape index (κ3) is 5.02. The zero-order valence-corrected chi connectivity index (χ0v) is 17.3. The van der Waals surface area contributed by atoms with Crippen LogP contribution in [0.25, 0.3) is 16.3 Å². The molecule has 0 unspecified atom stereocenters. The molecule has 0 bridgehead atoms. The summed E-state index contributed by atoms with van der Waals surface area (Å²) in [6.45, 7) is 1.88. The Hall–Kier alpha value is -2.51. The second-order valence-corrected chi connectivity index (χ2v) is 8.03. The molecule has 1 aromatic heterocycles. The first kappa shape index (κ1) is 19.3. The van der Waals surface area contributed by atoms with Crippen LogP contribution in [-0.4, -0.2) is 35.3 Å². The number of hydrogen-bond acceptors (Lipinski definition) is 4. The van der Waals surface area contributed by atoms with E-state index in [9.17, 15) is 9.59 Å². The van der Waals surface area contributed by atoms with Gasteiger partial charge < -0.3 is 10.2 Å². The molecular weight excluding hydrogens is 426 g/mol. The van der Waals surface area contributed by atoms with Gasteiger partial charge in [-0.25, -0.2) is 4.98 Å². The van der Waals surface area contributed by atoms with E-state index in [0.29, 0.717) is 0 Å². The molecule has 2 aromatic carbocycles. The number of rotatable bonds is 5. The second-order valence-electron chi connectivity index (χ2n) is 6.05. The molecule has 1 N–H and O–H groups in total. The number of benzene rings is 2. The predicted molar refractivity (Wildman–Crippen MR) is 114 cm³/mol. The first-order chi connectivity index (χ1) is 12.9. The van der Waals surface area contributed by atoms with Gasteiger partial charge in [0, 0.05) is 23.3 Å². The molecule has 0 aliphatic rings. The molecule has 27 heavy (non-hydrogen) atoms. The van der Waals surface area contributed by atoms with E-state index in [1.807, 2.05) is 49.4 Å². The lowest BCUT2D eigenvalue weighted by molar-refractivity contribution is -0.129. The zero-order valence-electron chi connectivity index (χ0n) is 14.9. The molecule has 138 valence electrons. The molecule has 2 amide bonds. The summed E-state index contributed by atoms with van der Waals surface area (Å²) in [6, 6.07) is 13.4. The predicted octanol–water partition coefficient (Wildman–Crippen LogP) is 4.48. The summed E-state index contributed by atoms with van der Waals surface area (Å²) in [7, 11) is 1.60. The number of hydrogen-bond donors (Lipinski definition) is 1. The molecule has 3 aromatic rings. The third-order valence-corrected chi connectivity index (χ3v) is 5.39. The van der Waals surface area contributed by atoms with Crippen LogP contribution in [0.1, 0.15) is 10.6 Å². The van der Waals surface area contributed by atoms with Crippen molar-refractivity contribution in [3.8, 4) is 0 Å². The molecule has 0 fully saturated rings. The monoisotopic (exact) mass is 443 g/mol. The summed E-state index contributed by atoms with van der Waals surface area (Å²) in [4.78, 5) is 30.3. The topological polar surface area (TPSA) is 62.3 Å². The maximum Gasteiger partial charge on any atom is 0.246 e. The van der Waals surface area contributed by atoms with Gasteiger partial charge in [0.25, 0.3) is 0 Å². The van der Waals surface area contributed by atoms with Crippen LogP contribution < -0.4 is 5.32 Å². The molecule has 0 spiro atoms. The molecule has 5 nitrogen and oxygen atoms in total. The fraction of sp³-hybridized carbons (Fsp3) is 0.150. The normalized spacial score (nSPS) is 11.1. The van der Waals surface area contributed by atoms with E-state index in [1.54, 1.807) is 13.1 Å². The highest BCUT2D eigenvalue weighted by molar-refractivity contribution is 9.10. The third-order valence-electron chi connectivity index (χ3n) is 3.90. The average molecular weight is 444 g/mol. The summed E-state index contributed by atoms with van der Waals surface area (Å²) in [5.41, 5.74) is 2.59. The minimum absolute atomic E-state index is 0.0292. The quantitative estimate of drug-likeness (QED) is 0.591. The van der Waals surface area contributed by atoms with Crippen molar-refractivity contribution in [3.05, 3.63) is 63.6 Å². The molecule has 0 radical (unpaired) electrons. The van der Waals surface area contributed by atoms with Gasteiger partial charge in [-0.2, -0.15) is 0 Å². The van der Waals surface area contributed by atoms with Crippen molar-refractivity contribution in [2.24, 2.45) is 0 Å². The average Bonchev–Trinajstić information content (AvgIpc) is 3.05. The number of amides is 2. The van der Waals surface area contributed by atoms with E-state index in [0.717, 1.165) is 30.9 Å². The zero-order chi connectivity index (χ0) is 19.4. The highest BCUT2D eigenvalue weighted by Gasteiger charge is 2.12. The largest absolute Gasteiger partial charge is 0.333 e. The first-order valence-corrected chi connectivity index (χ1v) is 9.88. The van der Waals surface area contributed by atoms with E-state index < -0.39 is 0 Å². The molecule has 0 aliphatic carbocycles. The summed E-state index contributed by atoms with van der Waals surface area (Å²) >= 11 is 4.91. The van der Waals surface area contributed by atoms with Gasteiger partial charge in [0.15, 0.2) is 0 Å². The van der Waals surface area contributed by atoms with Gasteiger partial charge >= 0.3 is 0 Å². The van der Waals surface area contributed by atoms with Crippen molar-refractivity contribution in [1.29, 1.82) is 0 Å². The van der Waals surface area contributed by atoms with Crippen molar-refractivity contribution in [3.63, 3.8) is 0 Å². The van der Waals surface area contributed by atoms with Gasteiger partial charge in [-0.05, 0) is 48.9 Å². The summed E-state index contributed by atoms with van der Waals surface area (Å²) < 4.78 is 2.02. The van der Waals surface area contributed by atoms with E-state index in [4.69, 9.17) is 0 Å². The summed E-state index contributed by atoms with van der Waals surface area (Å²) in [5, 5.41) is 3.58. The minimum atomic E-state index is -0.253. The van der Waals surface area contributed by atoms with Gasteiger partial charge in [-0.1, -0.05) is 28.1 Å². The van der Waals surface area contributed by atoms with Gasteiger partial charge in [0.05, 0.1) is 16.8 Å². The van der Waals surface area contributed by atoms with Crippen LogP contribution in [0.2, 0.25) is 0 Å². The van der Waals surface area contributed by atoms with Crippen LogP contribution in [0, 0.1) is 6.92 Å². The van der Waals surface area contributed by atoms with Crippen molar-refractivity contribution in [1.82, 2.24) is 9.88 Å². The van der Waals surface area contributed by atoms with Gasteiger partial charge in [0.1, 0.15) is 5.01 Å². The molecule has 0 saturated heterocycles. The fourth-order valence-corrected chi connectivity index (χ4v) is 3.83. The van der Waals surface area contributed by atoms with E-state index in [2.05, 4.69) is 26.2 Å². The number of aryl methyl sites for hydroxylation is 1. The first-order valence-electron chi connectivity index (χ1n) is 8.27. The van der Waals surface area contributed by atoms with Gasteiger partial charge in [-0.15, -0.1) is 11.3 Å². The van der Waals surface area contributed by atoms with Crippen molar-refractivity contribution >= 4 is 61.1 Å². The number of halogens is 1. The van der Waals surface area contributed by atoms with Crippen molar-refractivity contribution in [2.75, 3.05) is 18.9 Å². The Kier molecular flexibility index (Phi) is 6.03. The Morgan fingerprint density at radius 1 is 1.26 bits per heavy atom. The lowest BCUT2D eigenvalue weighted by Crippen LogP contribution is -2.34. The SMILES string of the molecule is Cc1cc(Br)ccc1NC(=O)CN(C)C(=O)/C=C/c1nc2ccccc2s1. The molecule has 0 atom stereocenters. The van der Waals surface area contributed by atoms with Crippen molar-refractivity contribution < 1.29 is 9.59 Å². The standard InChI is InChI=1S/C20H18BrN3O2S/c1-13-11-14(21)7-8-15(13)22-18(25)12-24(2)20(26)10-9-19-23-16-5-3-4-6-17(16)27-19/h3-11H,12H2,1-2H3,(H,22,25)/b10-9+. The number of carbonyl (C=O) groups is 2. The number of anilines is 1. The molecular formula is C20H18BrN3O2S. The summed E-state index contributed by atoms with van der Waals surface area (Å²) in [5.74, 6) is -0.499. The van der Waals surface area contributed by atoms with Crippen LogP contribution >= 0.6 is 27.3 Å². The number of aromatic nitrogens is 1. The highest BCUT2D eigenvalue weighted by Crippen LogP contribution is 2.22. The summed E-state index contributed by atoms with van der Waals surface area (Å²) in [6.07, 6.45) is 3.12. The maximum atomic E-state index is 12.3. The number of thiazole rings is 1. The molecule has 0 aliphatic heterocycles. The van der Waals surface area contributed by atoms with Crippen LogP contribution in [0.4, 0.5) is 5.69 Å². The number of fused-ring (bicyclic) bond motifs is 1. The Morgan fingerprint density at radius 3 is 2.78 bits per heavy atom. The lowest BCUT2D eigenvalue weighted by Gasteiger charge is -2.15. The van der Waals surface area contributed by atoms with E-state index in [-0.39, 0.29) is 18.4 Å². The van der Waals surface area contributed by atoms with Crippen molar-refractivity contribution in [2.45, 2.75) is 6.92 Å².